The summed E-state index contributed by atoms with van der Waals surface area (Å²) in [6, 6.07) is 0. The number of hydrogen-bond acceptors (Lipinski definition) is 3. The molecule has 2 aliphatic carbocycles. The van der Waals surface area contributed by atoms with Crippen molar-refractivity contribution in [1.82, 2.24) is 5.32 Å². The van der Waals surface area contributed by atoms with Crippen LogP contribution in [0.25, 0.3) is 0 Å². The van der Waals surface area contributed by atoms with Gasteiger partial charge in [0.1, 0.15) is 6.61 Å². The third kappa shape index (κ3) is 3.53. The average Bonchev–Trinajstić information content (AvgIpc) is 3.03. The molecule has 2 saturated carbocycles. The zero-order valence-electron chi connectivity index (χ0n) is 12.4. The van der Waals surface area contributed by atoms with Crippen molar-refractivity contribution in [2.75, 3.05) is 19.8 Å². The van der Waals surface area contributed by atoms with Crippen molar-refractivity contribution in [3.05, 3.63) is 0 Å². The first-order valence-electron chi connectivity index (χ1n) is 8.29. The Labute approximate surface area is 121 Å². The maximum Gasteiger partial charge on any atom is 0.246 e. The molecule has 20 heavy (non-hydrogen) atoms. The summed E-state index contributed by atoms with van der Waals surface area (Å²) >= 11 is 0. The molecule has 3 rings (SSSR count). The van der Waals surface area contributed by atoms with E-state index in [0.717, 1.165) is 32.3 Å². The van der Waals surface area contributed by atoms with Crippen LogP contribution in [0.3, 0.4) is 0 Å². The van der Waals surface area contributed by atoms with Crippen LogP contribution in [0, 0.1) is 5.92 Å². The maximum absolute atomic E-state index is 12.0. The molecule has 1 saturated heterocycles. The van der Waals surface area contributed by atoms with E-state index < -0.39 is 0 Å². The molecule has 4 heteroatoms. The lowest BCUT2D eigenvalue weighted by molar-refractivity contribution is -0.129. The van der Waals surface area contributed by atoms with Crippen LogP contribution < -0.4 is 5.32 Å². The molecule has 0 aromatic heterocycles. The third-order valence-electron chi connectivity index (χ3n) is 5.12. The predicted molar refractivity (Wildman–Crippen MR) is 76.5 cm³/mol. The standard InChI is InChI=1S/C16H27NO3/c18-15(12-19-11-14-7-3-4-10-20-14)17-16(8-9-16)13-5-1-2-6-13/h13-14H,1-12H2,(H,17,18)/t14-/m0/s1. The van der Waals surface area contributed by atoms with Crippen molar-refractivity contribution in [2.24, 2.45) is 5.92 Å². The highest BCUT2D eigenvalue weighted by Gasteiger charge is 2.50. The third-order valence-corrected chi connectivity index (χ3v) is 5.12. The van der Waals surface area contributed by atoms with Gasteiger partial charge < -0.3 is 14.8 Å². The summed E-state index contributed by atoms with van der Waals surface area (Å²) in [7, 11) is 0. The predicted octanol–water partition coefficient (Wildman–Crippen LogP) is 2.41. The van der Waals surface area contributed by atoms with Crippen molar-refractivity contribution in [1.29, 1.82) is 0 Å². The van der Waals surface area contributed by atoms with E-state index in [1.165, 1.54) is 32.1 Å². The lowest BCUT2D eigenvalue weighted by Crippen LogP contribution is -2.43. The van der Waals surface area contributed by atoms with E-state index in [-0.39, 0.29) is 24.2 Å². The Morgan fingerprint density at radius 3 is 2.55 bits per heavy atom. The zero-order valence-corrected chi connectivity index (χ0v) is 12.4. The molecular formula is C16H27NO3. The zero-order chi connectivity index (χ0) is 13.8. The van der Waals surface area contributed by atoms with Crippen LogP contribution in [0.2, 0.25) is 0 Å². The normalized spacial score (nSPS) is 29.3. The average molecular weight is 281 g/mol. The van der Waals surface area contributed by atoms with Gasteiger partial charge in [-0.1, -0.05) is 12.8 Å². The first-order chi connectivity index (χ1) is 9.78. The summed E-state index contributed by atoms with van der Waals surface area (Å²) in [5.74, 6) is 0.776. The van der Waals surface area contributed by atoms with Gasteiger partial charge >= 0.3 is 0 Å². The number of hydrogen-bond donors (Lipinski definition) is 1. The Morgan fingerprint density at radius 2 is 1.90 bits per heavy atom. The number of amides is 1. The smallest absolute Gasteiger partial charge is 0.246 e. The van der Waals surface area contributed by atoms with E-state index in [2.05, 4.69) is 5.32 Å². The van der Waals surface area contributed by atoms with E-state index in [0.29, 0.717) is 12.5 Å². The largest absolute Gasteiger partial charge is 0.376 e. The van der Waals surface area contributed by atoms with Crippen molar-refractivity contribution in [3.63, 3.8) is 0 Å². The van der Waals surface area contributed by atoms with Gasteiger partial charge in [0.05, 0.1) is 12.7 Å². The van der Waals surface area contributed by atoms with Gasteiger partial charge in [0, 0.05) is 12.1 Å². The highest BCUT2D eigenvalue weighted by molar-refractivity contribution is 5.78. The van der Waals surface area contributed by atoms with E-state index >= 15 is 0 Å². The summed E-state index contributed by atoms with van der Waals surface area (Å²) < 4.78 is 11.1. The van der Waals surface area contributed by atoms with E-state index in [1.54, 1.807) is 0 Å². The van der Waals surface area contributed by atoms with Crippen LogP contribution in [0.5, 0.6) is 0 Å². The molecule has 0 aromatic rings. The van der Waals surface area contributed by atoms with Gasteiger partial charge in [-0.25, -0.2) is 0 Å². The van der Waals surface area contributed by atoms with Crippen molar-refractivity contribution in [2.45, 2.75) is 69.4 Å². The molecule has 1 aliphatic heterocycles. The Bertz CT molecular complexity index is 329. The molecule has 4 nitrogen and oxygen atoms in total. The highest BCUT2D eigenvalue weighted by Crippen LogP contribution is 2.49. The van der Waals surface area contributed by atoms with Crippen molar-refractivity contribution >= 4 is 5.91 Å². The summed E-state index contributed by atoms with van der Waals surface area (Å²) in [5, 5.41) is 3.24. The molecule has 0 spiro atoms. The Balaban J connectivity index is 1.35. The van der Waals surface area contributed by atoms with Gasteiger partial charge in [-0.15, -0.1) is 0 Å². The fraction of sp³-hybridized carbons (Fsp3) is 0.938. The maximum atomic E-state index is 12.0. The first-order valence-corrected chi connectivity index (χ1v) is 8.29. The number of carbonyl (C=O) groups excluding carboxylic acids is 1. The molecule has 1 amide bonds. The molecule has 1 atom stereocenters. The van der Waals surface area contributed by atoms with E-state index in [9.17, 15) is 4.79 Å². The monoisotopic (exact) mass is 281 g/mol. The van der Waals surface area contributed by atoms with Crippen LogP contribution in [-0.2, 0) is 14.3 Å². The summed E-state index contributed by atoms with van der Waals surface area (Å²) in [4.78, 5) is 12.0. The minimum Gasteiger partial charge on any atom is -0.376 e. The van der Waals surface area contributed by atoms with Gasteiger partial charge in [-0.05, 0) is 50.9 Å². The van der Waals surface area contributed by atoms with E-state index in [1.807, 2.05) is 0 Å². The van der Waals surface area contributed by atoms with Gasteiger partial charge in [-0.3, -0.25) is 4.79 Å². The minimum atomic E-state index is 0.0604. The van der Waals surface area contributed by atoms with Crippen molar-refractivity contribution in [3.8, 4) is 0 Å². The van der Waals surface area contributed by atoms with Gasteiger partial charge in [0.15, 0.2) is 0 Å². The minimum absolute atomic E-state index is 0.0604. The molecule has 0 aromatic carbocycles. The second-order valence-electron chi connectivity index (χ2n) is 6.69. The Morgan fingerprint density at radius 1 is 1.15 bits per heavy atom. The van der Waals surface area contributed by atoms with Crippen LogP contribution in [0.15, 0.2) is 0 Å². The second-order valence-corrected chi connectivity index (χ2v) is 6.69. The summed E-state index contributed by atoms with van der Waals surface area (Å²) in [5.41, 5.74) is 0.137. The van der Waals surface area contributed by atoms with Gasteiger partial charge in [0.2, 0.25) is 5.91 Å². The molecule has 0 radical (unpaired) electrons. The highest BCUT2D eigenvalue weighted by atomic mass is 16.5. The molecule has 114 valence electrons. The molecule has 3 aliphatic rings. The van der Waals surface area contributed by atoms with Crippen LogP contribution in [0.1, 0.15) is 57.8 Å². The summed E-state index contributed by atoms with van der Waals surface area (Å²) in [6.45, 7) is 1.59. The fourth-order valence-electron chi connectivity index (χ4n) is 3.78. The van der Waals surface area contributed by atoms with Gasteiger partial charge in [0.25, 0.3) is 0 Å². The number of rotatable bonds is 6. The molecule has 0 unspecified atom stereocenters. The summed E-state index contributed by atoms with van der Waals surface area (Å²) in [6.07, 6.45) is 11.2. The fourth-order valence-corrected chi connectivity index (χ4v) is 3.78. The number of ether oxygens (including phenoxy) is 2. The van der Waals surface area contributed by atoms with Crippen molar-refractivity contribution < 1.29 is 14.3 Å². The number of carbonyl (C=O) groups is 1. The topological polar surface area (TPSA) is 47.6 Å². The quantitative estimate of drug-likeness (QED) is 0.813. The van der Waals surface area contributed by atoms with E-state index in [4.69, 9.17) is 9.47 Å². The first kappa shape index (κ1) is 14.3. The van der Waals surface area contributed by atoms with Gasteiger partial charge in [-0.2, -0.15) is 0 Å². The second kappa shape index (κ2) is 6.44. The lowest BCUT2D eigenvalue weighted by Gasteiger charge is -2.25. The number of nitrogens with one attached hydrogen (secondary N) is 1. The Hall–Kier alpha value is -0.610. The molecular weight excluding hydrogens is 254 g/mol. The van der Waals surface area contributed by atoms with Crippen LogP contribution >= 0.6 is 0 Å². The molecule has 0 bridgehead atoms. The van der Waals surface area contributed by atoms with Crippen LogP contribution in [0.4, 0.5) is 0 Å². The molecule has 3 fully saturated rings. The molecule has 1 heterocycles. The lowest BCUT2D eigenvalue weighted by atomic mass is 9.95. The SMILES string of the molecule is O=C(COC[C@@H]1CCCCO1)NC1(C2CCCC2)CC1. The molecule has 1 N–H and O–H groups in total. The van der Waals surface area contributed by atoms with Crippen LogP contribution in [-0.4, -0.2) is 37.4 Å². The Kier molecular flexibility index (Phi) is 4.61.